The quantitative estimate of drug-likeness (QED) is 0.282. The first kappa shape index (κ1) is 28.3. The fourth-order valence-corrected chi connectivity index (χ4v) is 5.97. The van der Waals surface area contributed by atoms with E-state index in [1.807, 2.05) is 17.2 Å². The van der Waals surface area contributed by atoms with Gasteiger partial charge in [-0.25, -0.2) is 13.2 Å². The van der Waals surface area contributed by atoms with Crippen LogP contribution in [0.3, 0.4) is 0 Å². The van der Waals surface area contributed by atoms with Crippen molar-refractivity contribution >= 4 is 42.3 Å². The molecule has 0 saturated carbocycles. The van der Waals surface area contributed by atoms with Crippen molar-refractivity contribution in [1.82, 2.24) is 0 Å². The second-order valence-corrected chi connectivity index (χ2v) is 13.5. The summed E-state index contributed by atoms with van der Waals surface area (Å²) in [5, 5.41) is -0.867. The molecule has 1 unspecified atom stereocenters. The molecule has 0 fully saturated rings. The van der Waals surface area contributed by atoms with Gasteiger partial charge in [-0.05, 0) is 75.8 Å². The number of hydrogen-bond acceptors (Lipinski definition) is 6. The highest BCUT2D eigenvalue weighted by atomic mass is 32.2. The monoisotopic (exact) mass is 549 g/mol. The number of alkyl halides is 2. The van der Waals surface area contributed by atoms with Crippen LogP contribution in [0.25, 0.3) is 0 Å². The molecule has 194 valence electrons. The summed E-state index contributed by atoms with van der Waals surface area (Å²) < 4.78 is 60.2. The number of halogens is 3. The molecular formula is C24H31F3NO4PS2. The van der Waals surface area contributed by atoms with Gasteiger partial charge in [-0.3, -0.25) is 4.21 Å². The maximum Gasteiger partial charge on any atom is 0.245 e. The lowest BCUT2D eigenvalue weighted by molar-refractivity contribution is 0.00768. The van der Waals surface area contributed by atoms with E-state index in [1.54, 1.807) is 32.0 Å². The van der Waals surface area contributed by atoms with Crippen LogP contribution in [0.2, 0.25) is 0 Å². The summed E-state index contributed by atoms with van der Waals surface area (Å²) in [4.78, 5) is 22.5. The number of nitrogens with zero attached hydrogens (tertiary/aromatic N) is 1. The Balaban J connectivity index is 2.04. The minimum absolute atomic E-state index is 0.0422. The van der Waals surface area contributed by atoms with Gasteiger partial charge in [0.15, 0.2) is 8.38 Å². The molecule has 2 aromatic rings. The number of fused-ring (bicyclic) bond motifs is 1. The number of hydrogen-bond donors (Lipinski definition) is 2. The van der Waals surface area contributed by atoms with Crippen LogP contribution in [0.4, 0.5) is 24.5 Å². The van der Waals surface area contributed by atoms with Crippen LogP contribution < -0.4 is 9.64 Å². The maximum atomic E-state index is 13.6. The van der Waals surface area contributed by atoms with Gasteiger partial charge in [0.25, 0.3) is 0 Å². The molecule has 2 atom stereocenters. The normalized spacial score (nSPS) is 19.0. The van der Waals surface area contributed by atoms with Crippen molar-refractivity contribution in [2.75, 3.05) is 30.1 Å². The van der Waals surface area contributed by atoms with Crippen LogP contribution in [-0.2, 0) is 10.8 Å². The number of benzene rings is 2. The van der Waals surface area contributed by atoms with Gasteiger partial charge in [0, 0.05) is 24.4 Å². The van der Waals surface area contributed by atoms with E-state index in [9.17, 15) is 27.2 Å². The van der Waals surface area contributed by atoms with Gasteiger partial charge in [0.1, 0.15) is 18.2 Å². The lowest BCUT2D eigenvalue weighted by atomic mass is 10.0. The smallest absolute Gasteiger partial charge is 0.245 e. The molecule has 0 saturated heterocycles. The van der Waals surface area contributed by atoms with Crippen molar-refractivity contribution in [2.24, 2.45) is 5.92 Å². The SMILES string of the molecule is CSc1cc2c(cc1OCC(C)(C)P(O)O)S(=O)C[C@H](CCC(C)(F)F)CN2c1ccc(F)cc1. The zero-order chi connectivity index (χ0) is 26.0. The summed E-state index contributed by atoms with van der Waals surface area (Å²) in [6.07, 6.45) is 1.75. The third kappa shape index (κ3) is 7.35. The van der Waals surface area contributed by atoms with Crippen molar-refractivity contribution < 1.29 is 31.9 Å². The number of rotatable bonds is 9. The minimum atomic E-state index is -2.82. The molecule has 5 nitrogen and oxygen atoms in total. The number of thioether (sulfide) groups is 1. The zero-order valence-corrected chi connectivity index (χ0v) is 22.7. The molecule has 0 amide bonds. The van der Waals surface area contributed by atoms with Crippen LogP contribution in [0.1, 0.15) is 33.6 Å². The molecule has 2 aromatic carbocycles. The van der Waals surface area contributed by atoms with Crippen molar-refractivity contribution in [3.63, 3.8) is 0 Å². The summed E-state index contributed by atoms with van der Waals surface area (Å²) >= 11 is 1.42. The average molecular weight is 550 g/mol. The first-order chi connectivity index (χ1) is 16.3. The highest BCUT2D eigenvalue weighted by Gasteiger charge is 2.33. The Morgan fingerprint density at radius 1 is 1.20 bits per heavy atom. The Labute approximate surface area is 212 Å². The molecule has 0 aromatic heterocycles. The van der Waals surface area contributed by atoms with E-state index in [0.717, 1.165) is 11.8 Å². The zero-order valence-electron chi connectivity index (χ0n) is 20.1. The van der Waals surface area contributed by atoms with E-state index in [2.05, 4.69) is 0 Å². The Morgan fingerprint density at radius 2 is 1.86 bits per heavy atom. The molecule has 2 N–H and O–H groups in total. The molecular weight excluding hydrogens is 518 g/mol. The molecule has 1 aliphatic heterocycles. The summed E-state index contributed by atoms with van der Waals surface area (Å²) in [7, 11) is -3.72. The van der Waals surface area contributed by atoms with Gasteiger partial charge in [-0.15, -0.1) is 11.8 Å². The molecule has 3 rings (SSSR count). The summed E-state index contributed by atoms with van der Waals surface area (Å²) in [6.45, 7) is 4.65. The molecule has 1 heterocycles. The lowest BCUT2D eigenvalue weighted by Crippen LogP contribution is -2.27. The number of anilines is 2. The molecule has 0 radical (unpaired) electrons. The highest BCUT2D eigenvalue weighted by Crippen LogP contribution is 2.45. The van der Waals surface area contributed by atoms with E-state index >= 15 is 0 Å². The predicted molar refractivity (Wildman–Crippen MR) is 137 cm³/mol. The molecule has 1 aliphatic rings. The molecule has 0 spiro atoms. The average Bonchev–Trinajstić information content (AvgIpc) is 2.91. The maximum absolute atomic E-state index is 13.6. The summed E-state index contributed by atoms with van der Waals surface area (Å²) in [5.41, 5.74) is 1.33. The third-order valence-electron chi connectivity index (χ3n) is 5.86. The molecule has 0 bridgehead atoms. The van der Waals surface area contributed by atoms with Crippen molar-refractivity contribution in [1.29, 1.82) is 0 Å². The summed E-state index contributed by atoms with van der Waals surface area (Å²) in [5.74, 6) is -2.80. The Kier molecular flexibility index (Phi) is 9.19. The Hall–Kier alpha value is -1.32. The van der Waals surface area contributed by atoms with E-state index < -0.39 is 36.1 Å². The second kappa shape index (κ2) is 11.4. The van der Waals surface area contributed by atoms with E-state index in [4.69, 9.17) is 4.74 Å². The summed E-state index contributed by atoms with van der Waals surface area (Å²) in [6, 6.07) is 9.45. The largest absolute Gasteiger partial charge is 0.491 e. The predicted octanol–water partition coefficient (Wildman–Crippen LogP) is 6.31. The van der Waals surface area contributed by atoms with Crippen molar-refractivity contribution in [2.45, 2.75) is 54.5 Å². The van der Waals surface area contributed by atoms with Crippen LogP contribution >= 0.6 is 20.1 Å². The van der Waals surface area contributed by atoms with Crippen molar-refractivity contribution in [3.8, 4) is 5.75 Å². The van der Waals surface area contributed by atoms with Crippen LogP contribution in [-0.4, -0.2) is 50.2 Å². The van der Waals surface area contributed by atoms with E-state index in [-0.39, 0.29) is 31.1 Å². The van der Waals surface area contributed by atoms with E-state index in [1.165, 1.54) is 23.9 Å². The van der Waals surface area contributed by atoms with Gasteiger partial charge >= 0.3 is 0 Å². The Morgan fingerprint density at radius 3 is 2.43 bits per heavy atom. The van der Waals surface area contributed by atoms with Gasteiger partial charge in [0.2, 0.25) is 5.92 Å². The standard InChI is InChI=1S/C24H31F3NO4PS2/c1-23(2,33(29)30)15-32-20-12-22-19(11-21(20)34-4)28(18-7-5-17(25)6-8-18)13-16(14-35(22)31)9-10-24(3,26)27/h5-8,11-12,16,29-30H,9-10,13-15H2,1-4H3/t16-,35?/m1/s1. The number of ether oxygens (including phenoxy) is 1. The lowest BCUT2D eigenvalue weighted by Gasteiger charge is -2.29. The minimum Gasteiger partial charge on any atom is -0.491 e. The van der Waals surface area contributed by atoms with Crippen LogP contribution in [0.15, 0.2) is 46.2 Å². The topological polar surface area (TPSA) is 70.0 Å². The van der Waals surface area contributed by atoms with Crippen molar-refractivity contribution in [3.05, 3.63) is 42.2 Å². The van der Waals surface area contributed by atoms with Gasteiger partial charge in [-0.1, -0.05) is 0 Å². The third-order valence-corrected chi connectivity index (χ3v) is 9.42. The first-order valence-corrected chi connectivity index (χ1v) is 14.9. The van der Waals surface area contributed by atoms with E-state index in [0.29, 0.717) is 28.6 Å². The van der Waals surface area contributed by atoms with Gasteiger partial charge in [0.05, 0.1) is 31.4 Å². The van der Waals surface area contributed by atoms with Crippen LogP contribution in [0, 0.1) is 11.7 Å². The van der Waals surface area contributed by atoms with Gasteiger partial charge < -0.3 is 19.4 Å². The fraction of sp³-hybridized carbons (Fsp3) is 0.500. The second-order valence-electron chi connectivity index (χ2n) is 9.44. The fourth-order valence-electron chi connectivity index (χ4n) is 3.72. The highest BCUT2D eigenvalue weighted by molar-refractivity contribution is 7.98. The first-order valence-electron chi connectivity index (χ1n) is 11.1. The van der Waals surface area contributed by atoms with Gasteiger partial charge in [-0.2, -0.15) is 0 Å². The molecule has 0 aliphatic carbocycles. The molecule has 35 heavy (non-hydrogen) atoms. The van der Waals surface area contributed by atoms with Crippen LogP contribution in [0.5, 0.6) is 5.75 Å². The molecule has 11 heteroatoms. The Bertz CT molecular complexity index is 1050.